The molecule has 150 valence electrons. The van der Waals surface area contributed by atoms with Crippen LogP contribution in [0.2, 0.25) is 0 Å². The summed E-state index contributed by atoms with van der Waals surface area (Å²) in [5.41, 5.74) is 2.70. The van der Waals surface area contributed by atoms with E-state index in [4.69, 9.17) is 4.74 Å². The lowest BCUT2D eigenvalue weighted by Crippen LogP contribution is -2.47. The van der Waals surface area contributed by atoms with Crippen molar-refractivity contribution >= 4 is 23.6 Å². The lowest BCUT2D eigenvalue weighted by atomic mass is 10.1. The summed E-state index contributed by atoms with van der Waals surface area (Å²) in [6.07, 6.45) is 3.30. The zero-order valence-electron chi connectivity index (χ0n) is 16.7. The van der Waals surface area contributed by atoms with Gasteiger partial charge in [-0.1, -0.05) is 29.8 Å². The van der Waals surface area contributed by atoms with Crippen LogP contribution in [0.1, 0.15) is 27.9 Å². The highest BCUT2D eigenvalue weighted by Gasteiger charge is 2.20. The van der Waals surface area contributed by atoms with Gasteiger partial charge in [-0.25, -0.2) is 0 Å². The van der Waals surface area contributed by atoms with Gasteiger partial charge in [0.1, 0.15) is 11.8 Å². The van der Waals surface area contributed by atoms with Gasteiger partial charge in [-0.05, 0) is 61.6 Å². The van der Waals surface area contributed by atoms with E-state index in [0.717, 1.165) is 29.1 Å². The Balaban J connectivity index is 1.91. The van der Waals surface area contributed by atoms with Gasteiger partial charge in [0.2, 0.25) is 5.91 Å². The highest BCUT2D eigenvalue weighted by Crippen LogP contribution is 2.11. The second-order valence-corrected chi connectivity index (χ2v) is 7.55. The number of hydrogen-bond donors (Lipinski definition) is 2. The number of carbonyl (C=O) groups is 2. The Kier molecular flexibility index (Phi) is 8.88. The fourth-order valence-corrected chi connectivity index (χ4v) is 3.25. The smallest absolute Gasteiger partial charge is 0.251 e. The molecule has 2 N–H and O–H groups in total. The third kappa shape index (κ3) is 6.93. The Morgan fingerprint density at radius 1 is 1.14 bits per heavy atom. The van der Waals surface area contributed by atoms with Gasteiger partial charge in [-0.2, -0.15) is 11.8 Å². The van der Waals surface area contributed by atoms with E-state index >= 15 is 0 Å². The Morgan fingerprint density at radius 2 is 1.89 bits per heavy atom. The maximum atomic E-state index is 12.6. The predicted molar refractivity (Wildman–Crippen MR) is 115 cm³/mol. The van der Waals surface area contributed by atoms with Crippen molar-refractivity contribution in [1.29, 1.82) is 0 Å². The minimum Gasteiger partial charge on any atom is -0.497 e. The van der Waals surface area contributed by atoms with Crippen molar-refractivity contribution in [3.05, 3.63) is 65.2 Å². The SMILES string of the molecule is COc1ccc(CCNC(=O)C(CCSC)NC(=O)c2cccc(C)c2)cc1. The van der Waals surface area contributed by atoms with Gasteiger partial charge in [0, 0.05) is 12.1 Å². The molecule has 0 fully saturated rings. The van der Waals surface area contributed by atoms with E-state index in [1.807, 2.05) is 55.6 Å². The van der Waals surface area contributed by atoms with Gasteiger partial charge in [-0.15, -0.1) is 0 Å². The van der Waals surface area contributed by atoms with Gasteiger partial charge in [0.15, 0.2) is 0 Å². The van der Waals surface area contributed by atoms with Crippen molar-refractivity contribution in [3.8, 4) is 5.75 Å². The first kappa shape index (κ1) is 21.8. The molecule has 0 saturated heterocycles. The Morgan fingerprint density at radius 3 is 2.54 bits per heavy atom. The monoisotopic (exact) mass is 400 g/mol. The predicted octanol–water partition coefficient (Wildman–Crippen LogP) is 3.21. The van der Waals surface area contributed by atoms with Crippen LogP contribution in [0.3, 0.4) is 0 Å². The van der Waals surface area contributed by atoms with Gasteiger partial charge in [-0.3, -0.25) is 9.59 Å². The first-order valence-corrected chi connectivity index (χ1v) is 10.7. The van der Waals surface area contributed by atoms with Gasteiger partial charge in [0.25, 0.3) is 5.91 Å². The number of carbonyl (C=O) groups excluding carboxylic acids is 2. The maximum absolute atomic E-state index is 12.6. The van der Waals surface area contributed by atoms with E-state index in [9.17, 15) is 9.59 Å². The lowest BCUT2D eigenvalue weighted by molar-refractivity contribution is -0.122. The van der Waals surface area contributed by atoms with Crippen LogP contribution >= 0.6 is 11.8 Å². The molecule has 0 aliphatic heterocycles. The Hall–Kier alpha value is -2.47. The Bertz CT molecular complexity index is 778. The number of nitrogens with one attached hydrogen (secondary N) is 2. The molecule has 28 heavy (non-hydrogen) atoms. The lowest BCUT2D eigenvalue weighted by Gasteiger charge is -2.18. The number of hydrogen-bond acceptors (Lipinski definition) is 4. The summed E-state index contributed by atoms with van der Waals surface area (Å²) in [5.74, 6) is 1.23. The number of rotatable bonds is 10. The molecule has 6 heteroatoms. The van der Waals surface area contributed by atoms with Crippen molar-refractivity contribution in [2.45, 2.75) is 25.8 Å². The van der Waals surface area contributed by atoms with E-state index in [2.05, 4.69) is 10.6 Å². The topological polar surface area (TPSA) is 67.4 Å². The summed E-state index contributed by atoms with van der Waals surface area (Å²) in [4.78, 5) is 25.1. The van der Waals surface area contributed by atoms with Crippen molar-refractivity contribution in [1.82, 2.24) is 10.6 Å². The summed E-state index contributed by atoms with van der Waals surface area (Å²) in [6, 6.07) is 14.6. The molecule has 5 nitrogen and oxygen atoms in total. The van der Waals surface area contributed by atoms with Crippen LogP contribution in [0.5, 0.6) is 5.75 Å². The number of benzene rings is 2. The zero-order valence-corrected chi connectivity index (χ0v) is 17.5. The first-order valence-electron chi connectivity index (χ1n) is 9.30. The number of thioether (sulfide) groups is 1. The van der Waals surface area contributed by atoms with Crippen LogP contribution in [0.25, 0.3) is 0 Å². The van der Waals surface area contributed by atoms with Crippen molar-refractivity contribution in [3.63, 3.8) is 0 Å². The van der Waals surface area contributed by atoms with E-state index in [0.29, 0.717) is 18.5 Å². The molecule has 0 spiro atoms. The van der Waals surface area contributed by atoms with Crippen molar-refractivity contribution in [2.24, 2.45) is 0 Å². The van der Waals surface area contributed by atoms with E-state index < -0.39 is 6.04 Å². The van der Waals surface area contributed by atoms with Crippen LogP contribution in [0.4, 0.5) is 0 Å². The van der Waals surface area contributed by atoms with E-state index in [1.165, 1.54) is 0 Å². The molecular formula is C22H28N2O3S. The molecule has 0 aliphatic rings. The molecule has 0 saturated carbocycles. The van der Waals surface area contributed by atoms with E-state index in [1.54, 1.807) is 24.9 Å². The van der Waals surface area contributed by atoms with Crippen LogP contribution in [0, 0.1) is 6.92 Å². The molecule has 2 amide bonds. The summed E-state index contributed by atoms with van der Waals surface area (Å²) < 4.78 is 5.15. The quantitative estimate of drug-likeness (QED) is 0.643. The second-order valence-electron chi connectivity index (χ2n) is 6.57. The summed E-state index contributed by atoms with van der Waals surface area (Å²) in [5, 5.41) is 5.82. The zero-order chi connectivity index (χ0) is 20.4. The van der Waals surface area contributed by atoms with E-state index in [-0.39, 0.29) is 11.8 Å². The highest BCUT2D eigenvalue weighted by atomic mass is 32.2. The number of amides is 2. The average Bonchev–Trinajstić information content (AvgIpc) is 2.71. The summed E-state index contributed by atoms with van der Waals surface area (Å²) in [6.45, 7) is 2.45. The van der Waals surface area contributed by atoms with Crippen LogP contribution in [-0.2, 0) is 11.2 Å². The van der Waals surface area contributed by atoms with Crippen molar-refractivity contribution < 1.29 is 14.3 Å². The molecule has 1 unspecified atom stereocenters. The molecule has 0 radical (unpaired) electrons. The molecular weight excluding hydrogens is 372 g/mol. The fraction of sp³-hybridized carbons (Fsp3) is 0.364. The van der Waals surface area contributed by atoms with Crippen LogP contribution < -0.4 is 15.4 Å². The van der Waals surface area contributed by atoms with Gasteiger partial charge in [0.05, 0.1) is 7.11 Å². The highest BCUT2D eigenvalue weighted by molar-refractivity contribution is 7.98. The van der Waals surface area contributed by atoms with Gasteiger partial charge >= 0.3 is 0 Å². The Labute approximate surface area is 171 Å². The minimum absolute atomic E-state index is 0.149. The summed E-state index contributed by atoms with van der Waals surface area (Å²) in [7, 11) is 1.63. The number of aryl methyl sites for hydroxylation is 1. The average molecular weight is 401 g/mol. The standard InChI is InChI=1S/C22H28N2O3S/c1-16-5-4-6-18(15-16)21(25)24-20(12-14-28-3)22(26)23-13-11-17-7-9-19(27-2)10-8-17/h4-10,15,20H,11-14H2,1-3H3,(H,23,26)(H,24,25). The molecule has 2 aromatic carbocycles. The molecule has 0 heterocycles. The molecule has 0 aromatic heterocycles. The second kappa shape index (κ2) is 11.4. The summed E-state index contributed by atoms with van der Waals surface area (Å²) >= 11 is 1.65. The maximum Gasteiger partial charge on any atom is 0.251 e. The van der Waals surface area contributed by atoms with Crippen molar-refractivity contribution in [2.75, 3.05) is 25.7 Å². The molecule has 1 atom stereocenters. The normalized spacial score (nSPS) is 11.5. The largest absolute Gasteiger partial charge is 0.497 e. The molecule has 0 bridgehead atoms. The molecule has 0 aliphatic carbocycles. The number of methoxy groups -OCH3 is 1. The third-order valence-corrected chi connectivity index (χ3v) is 5.03. The minimum atomic E-state index is -0.545. The first-order chi connectivity index (χ1) is 13.5. The third-order valence-electron chi connectivity index (χ3n) is 4.38. The van der Waals surface area contributed by atoms with Crippen LogP contribution in [-0.4, -0.2) is 43.5 Å². The van der Waals surface area contributed by atoms with Crippen LogP contribution in [0.15, 0.2) is 48.5 Å². The molecule has 2 rings (SSSR count). The van der Waals surface area contributed by atoms with Gasteiger partial charge < -0.3 is 15.4 Å². The fourth-order valence-electron chi connectivity index (χ4n) is 2.78. The molecule has 2 aromatic rings. The number of ether oxygens (including phenoxy) is 1.